The minimum Gasteiger partial charge on any atom is -0.316 e. The number of rotatable bonds is 6. The molecule has 3 nitrogen and oxygen atoms in total. The Hall–Kier alpha value is -0.830. The van der Waals surface area contributed by atoms with Gasteiger partial charge < -0.3 is 5.32 Å². The molecule has 2 saturated carbocycles. The Morgan fingerprint density at radius 1 is 1.39 bits per heavy atom. The van der Waals surface area contributed by atoms with Crippen LogP contribution in [-0.2, 0) is 13.0 Å². The van der Waals surface area contributed by atoms with Crippen LogP contribution in [0.3, 0.4) is 0 Å². The molecule has 100 valence electrons. The first-order chi connectivity index (χ1) is 8.74. The third-order valence-electron chi connectivity index (χ3n) is 4.80. The molecule has 0 aromatic carbocycles. The molecule has 2 fully saturated rings. The maximum absolute atomic E-state index is 4.41. The summed E-state index contributed by atoms with van der Waals surface area (Å²) in [6.45, 7) is 7.61. The predicted molar refractivity (Wildman–Crippen MR) is 73.4 cm³/mol. The molecule has 2 aliphatic rings. The Labute approximate surface area is 110 Å². The lowest BCUT2D eigenvalue weighted by atomic mass is 9.78. The van der Waals surface area contributed by atoms with E-state index in [1.807, 2.05) is 4.68 Å². The number of fused-ring (bicyclic) bond motifs is 1. The van der Waals surface area contributed by atoms with Crippen LogP contribution in [0.5, 0.6) is 0 Å². The molecular formula is C15H25N3. The molecule has 18 heavy (non-hydrogen) atoms. The molecule has 0 aliphatic heterocycles. The molecule has 1 aromatic rings. The van der Waals surface area contributed by atoms with Gasteiger partial charge in [-0.1, -0.05) is 6.92 Å². The number of hydrogen-bond donors (Lipinski definition) is 1. The smallest absolute Gasteiger partial charge is 0.0521 e. The van der Waals surface area contributed by atoms with E-state index in [-0.39, 0.29) is 0 Å². The third-order valence-corrected chi connectivity index (χ3v) is 4.80. The summed E-state index contributed by atoms with van der Waals surface area (Å²) in [5, 5.41) is 8.00. The molecule has 0 spiro atoms. The third kappa shape index (κ3) is 2.33. The van der Waals surface area contributed by atoms with Crippen molar-refractivity contribution in [2.75, 3.05) is 13.1 Å². The average Bonchev–Trinajstić information content (AvgIpc) is 2.79. The Kier molecular flexibility index (Phi) is 3.18. The molecule has 0 radical (unpaired) electrons. The highest BCUT2D eigenvalue weighted by molar-refractivity contribution is 5.13. The lowest BCUT2D eigenvalue weighted by Gasteiger charge is -2.31. The highest BCUT2D eigenvalue weighted by Crippen LogP contribution is 2.60. The van der Waals surface area contributed by atoms with Gasteiger partial charge in [-0.3, -0.25) is 4.68 Å². The van der Waals surface area contributed by atoms with E-state index >= 15 is 0 Å². The zero-order valence-electron chi connectivity index (χ0n) is 11.7. The van der Waals surface area contributed by atoms with Gasteiger partial charge in [0.05, 0.1) is 6.20 Å². The van der Waals surface area contributed by atoms with Crippen molar-refractivity contribution in [3.63, 3.8) is 0 Å². The Bertz CT molecular complexity index is 400. The van der Waals surface area contributed by atoms with Crippen LogP contribution in [0.4, 0.5) is 0 Å². The van der Waals surface area contributed by atoms with E-state index in [4.69, 9.17) is 0 Å². The van der Waals surface area contributed by atoms with Crippen molar-refractivity contribution in [3.05, 3.63) is 18.0 Å². The second-order valence-corrected chi connectivity index (χ2v) is 6.33. The number of hydrogen-bond acceptors (Lipinski definition) is 2. The lowest BCUT2D eigenvalue weighted by Crippen LogP contribution is -2.35. The monoisotopic (exact) mass is 247 g/mol. The molecule has 0 bridgehead atoms. The van der Waals surface area contributed by atoms with Gasteiger partial charge in [-0.2, -0.15) is 5.10 Å². The van der Waals surface area contributed by atoms with Crippen LogP contribution in [0, 0.1) is 17.3 Å². The Balaban J connectivity index is 1.69. The van der Waals surface area contributed by atoms with E-state index in [1.165, 1.54) is 37.8 Å². The van der Waals surface area contributed by atoms with Crippen LogP contribution in [0.15, 0.2) is 12.4 Å². The van der Waals surface area contributed by atoms with Gasteiger partial charge in [0.25, 0.3) is 0 Å². The van der Waals surface area contributed by atoms with Gasteiger partial charge in [0, 0.05) is 19.3 Å². The molecule has 0 saturated heterocycles. The normalized spacial score (nSPS) is 33.7. The van der Waals surface area contributed by atoms with Crippen LogP contribution in [0.1, 0.15) is 38.7 Å². The highest BCUT2D eigenvalue weighted by atomic mass is 15.3. The predicted octanol–water partition coefficient (Wildman–Crippen LogP) is 2.47. The molecule has 1 N–H and O–H groups in total. The molecular weight excluding hydrogens is 222 g/mol. The minimum atomic E-state index is 0.519. The van der Waals surface area contributed by atoms with Crippen LogP contribution < -0.4 is 5.32 Å². The van der Waals surface area contributed by atoms with Crippen molar-refractivity contribution in [1.29, 1.82) is 0 Å². The fourth-order valence-corrected chi connectivity index (χ4v) is 3.85. The molecule has 1 aromatic heterocycles. The van der Waals surface area contributed by atoms with Crippen LogP contribution in [0.25, 0.3) is 0 Å². The van der Waals surface area contributed by atoms with Gasteiger partial charge in [0.1, 0.15) is 0 Å². The van der Waals surface area contributed by atoms with Gasteiger partial charge in [-0.15, -0.1) is 0 Å². The molecule has 2 atom stereocenters. The van der Waals surface area contributed by atoms with Gasteiger partial charge >= 0.3 is 0 Å². The first-order valence-corrected chi connectivity index (χ1v) is 7.47. The number of aryl methyl sites for hydroxylation is 1. The summed E-state index contributed by atoms with van der Waals surface area (Å²) in [5.41, 5.74) is 1.95. The zero-order chi connectivity index (χ0) is 12.6. The van der Waals surface area contributed by atoms with Crippen molar-refractivity contribution < 1.29 is 0 Å². The molecule has 3 heteroatoms. The molecule has 1 heterocycles. The summed E-state index contributed by atoms with van der Waals surface area (Å²) >= 11 is 0. The fourth-order valence-electron chi connectivity index (χ4n) is 3.85. The van der Waals surface area contributed by atoms with Crippen molar-refractivity contribution >= 4 is 0 Å². The summed E-state index contributed by atoms with van der Waals surface area (Å²) in [6, 6.07) is 0. The largest absolute Gasteiger partial charge is 0.316 e. The summed E-state index contributed by atoms with van der Waals surface area (Å²) in [7, 11) is 0. The second-order valence-electron chi connectivity index (χ2n) is 6.33. The molecule has 2 unspecified atom stereocenters. The molecule has 0 amide bonds. The lowest BCUT2D eigenvalue weighted by molar-refractivity contribution is 0.250. The number of nitrogens with one attached hydrogen (secondary N) is 1. The SMILES string of the molecule is CCNCC1(Cc2cnn(CC)c2)CC2CC2C1. The van der Waals surface area contributed by atoms with E-state index in [9.17, 15) is 0 Å². The molecule has 3 rings (SSSR count). The quantitative estimate of drug-likeness (QED) is 0.837. The standard InChI is InChI=1S/C15H25N3/c1-3-16-11-15(7-13-5-14(13)8-15)6-12-9-17-18(4-2)10-12/h9-10,13-14,16H,3-8,11H2,1-2H3. The number of aromatic nitrogens is 2. The first kappa shape index (κ1) is 12.2. The van der Waals surface area contributed by atoms with E-state index < -0.39 is 0 Å². The summed E-state index contributed by atoms with van der Waals surface area (Å²) < 4.78 is 2.05. The molecule has 2 aliphatic carbocycles. The Morgan fingerprint density at radius 3 is 2.78 bits per heavy atom. The van der Waals surface area contributed by atoms with Crippen molar-refractivity contribution in [1.82, 2.24) is 15.1 Å². The highest BCUT2D eigenvalue weighted by Gasteiger charge is 2.53. The summed E-state index contributed by atoms with van der Waals surface area (Å²) in [5.74, 6) is 2.09. The zero-order valence-corrected chi connectivity index (χ0v) is 11.7. The summed E-state index contributed by atoms with van der Waals surface area (Å²) in [6.07, 6.45) is 9.89. The van der Waals surface area contributed by atoms with Gasteiger partial charge in [-0.05, 0) is 62.0 Å². The number of nitrogens with zero attached hydrogens (tertiary/aromatic N) is 2. The van der Waals surface area contributed by atoms with Crippen LogP contribution >= 0.6 is 0 Å². The maximum Gasteiger partial charge on any atom is 0.0521 e. The van der Waals surface area contributed by atoms with E-state index in [0.29, 0.717) is 5.41 Å². The topological polar surface area (TPSA) is 29.9 Å². The van der Waals surface area contributed by atoms with E-state index in [1.54, 1.807) is 0 Å². The van der Waals surface area contributed by atoms with E-state index in [0.717, 1.165) is 24.9 Å². The van der Waals surface area contributed by atoms with Crippen molar-refractivity contribution in [2.24, 2.45) is 17.3 Å². The van der Waals surface area contributed by atoms with Gasteiger partial charge in [-0.25, -0.2) is 0 Å². The van der Waals surface area contributed by atoms with Crippen molar-refractivity contribution in [2.45, 2.75) is 46.1 Å². The average molecular weight is 247 g/mol. The van der Waals surface area contributed by atoms with Crippen LogP contribution in [0.2, 0.25) is 0 Å². The first-order valence-electron chi connectivity index (χ1n) is 7.47. The van der Waals surface area contributed by atoms with Gasteiger partial charge in [0.15, 0.2) is 0 Å². The van der Waals surface area contributed by atoms with Crippen LogP contribution in [-0.4, -0.2) is 22.9 Å². The second kappa shape index (κ2) is 4.69. The summed E-state index contributed by atoms with van der Waals surface area (Å²) in [4.78, 5) is 0. The van der Waals surface area contributed by atoms with E-state index in [2.05, 4.69) is 36.7 Å². The van der Waals surface area contributed by atoms with Crippen molar-refractivity contribution in [3.8, 4) is 0 Å². The minimum absolute atomic E-state index is 0.519. The Morgan fingerprint density at radius 2 is 2.17 bits per heavy atom. The maximum atomic E-state index is 4.41. The van der Waals surface area contributed by atoms with Gasteiger partial charge in [0.2, 0.25) is 0 Å². The fraction of sp³-hybridized carbons (Fsp3) is 0.800.